The molecular formula is C25H28N4O2. The van der Waals surface area contributed by atoms with Gasteiger partial charge in [-0.2, -0.15) is 0 Å². The molecule has 2 aromatic heterocycles. The average molecular weight is 417 g/mol. The van der Waals surface area contributed by atoms with Crippen LogP contribution in [0.3, 0.4) is 0 Å². The van der Waals surface area contributed by atoms with Gasteiger partial charge in [0, 0.05) is 38.6 Å². The summed E-state index contributed by atoms with van der Waals surface area (Å²) in [6.45, 7) is 1.83. The molecule has 1 saturated heterocycles. The van der Waals surface area contributed by atoms with Crippen molar-refractivity contribution in [3.8, 4) is 5.75 Å². The number of hydrogen-bond acceptors (Lipinski definition) is 5. The van der Waals surface area contributed by atoms with E-state index in [-0.39, 0.29) is 5.91 Å². The molecule has 1 unspecified atom stereocenters. The predicted octanol–water partition coefficient (Wildman–Crippen LogP) is 3.64. The average Bonchev–Trinajstić information content (AvgIpc) is 3.23. The maximum atomic E-state index is 13.5. The molecule has 0 spiro atoms. The van der Waals surface area contributed by atoms with Crippen LogP contribution in [0.2, 0.25) is 0 Å². The number of para-hydroxylation sites is 1. The first-order valence-electron chi connectivity index (χ1n) is 10.6. The molecule has 6 heteroatoms. The number of likely N-dealkylation sites (tertiary alicyclic amines) is 1. The summed E-state index contributed by atoms with van der Waals surface area (Å²) in [5.74, 6) is 0.878. The van der Waals surface area contributed by atoms with Gasteiger partial charge in [0.2, 0.25) is 5.91 Å². The van der Waals surface area contributed by atoms with Gasteiger partial charge in [-0.05, 0) is 49.7 Å². The Labute approximate surface area is 183 Å². The molecule has 1 aliphatic heterocycles. The maximum absolute atomic E-state index is 13.5. The highest BCUT2D eigenvalue weighted by Crippen LogP contribution is 2.41. The van der Waals surface area contributed by atoms with E-state index in [4.69, 9.17) is 4.74 Å². The molecule has 0 saturated carbocycles. The second-order valence-corrected chi connectivity index (χ2v) is 8.02. The molecule has 1 amide bonds. The standard InChI is InChI=1S/C25H28N4O2/c1-28(2)24(30)25(23-13-6-8-16-27-23)14-9-17-29(25)18-20-10-3-4-12-22(20)31-19-21-11-5-7-15-26-21/h3-8,10-13,15-16H,9,14,17-19H2,1-2H3. The molecule has 4 rings (SSSR count). The fourth-order valence-electron chi connectivity index (χ4n) is 4.32. The van der Waals surface area contributed by atoms with Gasteiger partial charge >= 0.3 is 0 Å². The number of nitrogens with zero attached hydrogens (tertiary/aromatic N) is 4. The Kier molecular flexibility index (Phi) is 6.28. The van der Waals surface area contributed by atoms with Crippen molar-refractivity contribution in [1.82, 2.24) is 19.8 Å². The van der Waals surface area contributed by atoms with Crippen LogP contribution in [0, 0.1) is 0 Å². The van der Waals surface area contributed by atoms with Gasteiger partial charge in [-0.1, -0.05) is 30.3 Å². The lowest BCUT2D eigenvalue weighted by Crippen LogP contribution is -2.52. The van der Waals surface area contributed by atoms with Crippen molar-refractivity contribution in [2.45, 2.75) is 31.5 Å². The van der Waals surface area contributed by atoms with Gasteiger partial charge in [0.1, 0.15) is 17.9 Å². The van der Waals surface area contributed by atoms with Crippen LogP contribution >= 0.6 is 0 Å². The number of amides is 1. The molecule has 160 valence electrons. The summed E-state index contributed by atoms with van der Waals surface area (Å²) in [5, 5.41) is 0. The molecule has 0 N–H and O–H groups in total. The van der Waals surface area contributed by atoms with Gasteiger partial charge in [0.25, 0.3) is 0 Å². The van der Waals surface area contributed by atoms with Crippen LogP contribution in [0.15, 0.2) is 73.1 Å². The van der Waals surface area contributed by atoms with E-state index in [1.54, 1.807) is 17.3 Å². The first kappa shape index (κ1) is 21.0. The van der Waals surface area contributed by atoms with Crippen LogP contribution < -0.4 is 4.74 Å². The first-order valence-corrected chi connectivity index (χ1v) is 10.6. The summed E-state index contributed by atoms with van der Waals surface area (Å²) in [5.41, 5.74) is 1.97. The van der Waals surface area contributed by atoms with E-state index >= 15 is 0 Å². The second kappa shape index (κ2) is 9.27. The normalized spacial score (nSPS) is 18.6. The summed E-state index contributed by atoms with van der Waals surface area (Å²) < 4.78 is 6.12. The molecule has 1 aromatic carbocycles. The minimum Gasteiger partial charge on any atom is -0.487 e. The van der Waals surface area contributed by atoms with Crippen molar-refractivity contribution in [3.63, 3.8) is 0 Å². The summed E-state index contributed by atoms with van der Waals surface area (Å²) in [4.78, 5) is 26.3. The predicted molar refractivity (Wildman–Crippen MR) is 119 cm³/mol. The zero-order chi connectivity index (χ0) is 21.7. The number of aromatic nitrogens is 2. The van der Waals surface area contributed by atoms with Crippen molar-refractivity contribution >= 4 is 5.91 Å². The quantitative estimate of drug-likeness (QED) is 0.589. The smallest absolute Gasteiger partial charge is 0.248 e. The highest BCUT2D eigenvalue weighted by atomic mass is 16.5. The van der Waals surface area contributed by atoms with Crippen molar-refractivity contribution in [2.75, 3.05) is 20.6 Å². The molecule has 3 aromatic rings. The molecule has 1 atom stereocenters. The van der Waals surface area contributed by atoms with E-state index in [1.807, 2.05) is 68.7 Å². The zero-order valence-electron chi connectivity index (χ0n) is 18.1. The van der Waals surface area contributed by atoms with Crippen molar-refractivity contribution in [2.24, 2.45) is 0 Å². The van der Waals surface area contributed by atoms with Gasteiger partial charge in [-0.3, -0.25) is 19.7 Å². The first-order chi connectivity index (χ1) is 15.1. The molecule has 0 aliphatic carbocycles. The van der Waals surface area contributed by atoms with Crippen molar-refractivity contribution < 1.29 is 9.53 Å². The number of carbonyl (C=O) groups excluding carboxylic acids is 1. The van der Waals surface area contributed by atoms with Crippen LogP contribution in [0.4, 0.5) is 0 Å². The number of benzene rings is 1. The van der Waals surface area contributed by atoms with E-state index in [0.29, 0.717) is 13.2 Å². The zero-order valence-corrected chi connectivity index (χ0v) is 18.1. The third-order valence-electron chi connectivity index (χ3n) is 5.79. The Morgan fingerprint density at radius 3 is 2.48 bits per heavy atom. The van der Waals surface area contributed by atoms with Gasteiger partial charge in [0.05, 0.1) is 11.4 Å². The monoisotopic (exact) mass is 416 g/mol. The molecule has 31 heavy (non-hydrogen) atoms. The van der Waals surface area contributed by atoms with Crippen LogP contribution in [0.25, 0.3) is 0 Å². The molecule has 0 radical (unpaired) electrons. The van der Waals surface area contributed by atoms with Gasteiger partial charge in [-0.15, -0.1) is 0 Å². The Bertz CT molecular complexity index is 1010. The Hall–Kier alpha value is -3.25. The lowest BCUT2D eigenvalue weighted by atomic mass is 9.89. The Balaban J connectivity index is 1.63. The Morgan fingerprint density at radius 1 is 1.03 bits per heavy atom. The van der Waals surface area contributed by atoms with E-state index < -0.39 is 5.54 Å². The molecule has 1 fully saturated rings. The topological polar surface area (TPSA) is 58.6 Å². The Morgan fingerprint density at radius 2 is 1.77 bits per heavy atom. The van der Waals surface area contributed by atoms with Gasteiger partial charge in [-0.25, -0.2) is 0 Å². The van der Waals surface area contributed by atoms with Gasteiger partial charge in [0.15, 0.2) is 0 Å². The van der Waals surface area contributed by atoms with E-state index in [2.05, 4.69) is 20.9 Å². The third kappa shape index (κ3) is 4.30. The summed E-state index contributed by atoms with van der Waals surface area (Å²) >= 11 is 0. The molecular weight excluding hydrogens is 388 g/mol. The number of hydrogen-bond donors (Lipinski definition) is 0. The van der Waals surface area contributed by atoms with Crippen molar-refractivity contribution in [1.29, 1.82) is 0 Å². The lowest BCUT2D eigenvalue weighted by molar-refractivity contribution is -0.141. The van der Waals surface area contributed by atoms with Crippen LogP contribution in [-0.2, 0) is 23.5 Å². The molecule has 6 nitrogen and oxygen atoms in total. The number of rotatable bonds is 7. The molecule has 1 aliphatic rings. The highest BCUT2D eigenvalue weighted by Gasteiger charge is 2.50. The fourth-order valence-corrected chi connectivity index (χ4v) is 4.32. The van der Waals surface area contributed by atoms with E-state index in [9.17, 15) is 4.79 Å². The summed E-state index contributed by atoms with van der Waals surface area (Å²) in [6, 6.07) is 19.6. The van der Waals surface area contributed by atoms with Crippen LogP contribution in [0.5, 0.6) is 5.75 Å². The largest absolute Gasteiger partial charge is 0.487 e. The lowest BCUT2D eigenvalue weighted by Gasteiger charge is -2.38. The minimum absolute atomic E-state index is 0.0654. The molecule has 3 heterocycles. The van der Waals surface area contributed by atoms with E-state index in [1.165, 1.54) is 0 Å². The van der Waals surface area contributed by atoms with Crippen molar-refractivity contribution in [3.05, 3.63) is 90.0 Å². The number of likely N-dealkylation sites (N-methyl/N-ethyl adjacent to an activating group) is 1. The highest BCUT2D eigenvalue weighted by molar-refractivity contribution is 5.87. The maximum Gasteiger partial charge on any atom is 0.248 e. The summed E-state index contributed by atoms with van der Waals surface area (Å²) in [6.07, 6.45) is 5.22. The fraction of sp³-hybridized carbons (Fsp3) is 0.320. The number of carbonyl (C=O) groups is 1. The summed E-state index contributed by atoms with van der Waals surface area (Å²) in [7, 11) is 3.63. The van der Waals surface area contributed by atoms with Gasteiger partial charge < -0.3 is 9.64 Å². The SMILES string of the molecule is CN(C)C(=O)C1(c2ccccn2)CCCN1Cc1ccccc1OCc1ccccn1. The van der Waals surface area contributed by atoms with Crippen LogP contribution in [0.1, 0.15) is 29.8 Å². The minimum atomic E-state index is -0.765. The number of pyridine rings is 2. The second-order valence-electron chi connectivity index (χ2n) is 8.02. The van der Waals surface area contributed by atoms with Crippen LogP contribution in [-0.4, -0.2) is 46.3 Å². The number of ether oxygens (including phenoxy) is 1. The molecule has 0 bridgehead atoms. The third-order valence-corrected chi connectivity index (χ3v) is 5.79. The van der Waals surface area contributed by atoms with E-state index in [0.717, 1.165) is 42.1 Å².